The summed E-state index contributed by atoms with van der Waals surface area (Å²) in [4.78, 5) is 17.1. The maximum atomic E-state index is 11.5. The molecule has 0 aliphatic rings. The average Bonchev–Trinajstić information content (AvgIpc) is 2.79. The van der Waals surface area contributed by atoms with Crippen LogP contribution in [0.5, 0.6) is 0 Å². The topological polar surface area (TPSA) is 63.2 Å². The summed E-state index contributed by atoms with van der Waals surface area (Å²) in [6.07, 6.45) is 2.56. The molecule has 0 saturated heterocycles. The number of alkyl carbamates (subject to hydrolysis) is 1. The van der Waals surface area contributed by atoms with Crippen LogP contribution >= 0.6 is 11.3 Å². The van der Waals surface area contributed by atoms with Gasteiger partial charge in [0.05, 0.1) is 0 Å². The Kier molecular flexibility index (Phi) is 6.42. The van der Waals surface area contributed by atoms with E-state index in [4.69, 9.17) is 4.74 Å². The number of carbonyl (C=O) groups is 1. The van der Waals surface area contributed by atoms with Gasteiger partial charge >= 0.3 is 6.09 Å². The van der Waals surface area contributed by atoms with Crippen LogP contribution in [0.25, 0.3) is 0 Å². The highest BCUT2D eigenvalue weighted by atomic mass is 32.1. The first kappa shape index (κ1) is 16.9. The van der Waals surface area contributed by atoms with Crippen LogP contribution in [-0.2, 0) is 17.7 Å². The molecule has 0 aliphatic carbocycles. The number of amides is 1. The third-order valence-electron chi connectivity index (χ3n) is 2.50. The lowest BCUT2D eigenvalue weighted by molar-refractivity contribution is 0.0523. The van der Waals surface area contributed by atoms with Crippen molar-refractivity contribution in [3.8, 4) is 0 Å². The number of hydrogen-bond acceptors (Lipinski definition) is 5. The number of ether oxygens (including phenoxy) is 1. The monoisotopic (exact) mass is 299 g/mol. The second kappa shape index (κ2) is 7.59. The second-order valence-corrected chi connectivity index (χ2v) is 6.94. The van der Waals surface area contributed by atoms with Gasteiger partial charge in [-0.15, -0.1) is 11.3 Å². The maximum absolute atomic E-state index is 11.5. The largest absolute Gasteiger partial charge is 0.444 e. The summed E-state index contributed by atoms with van der Waals surface area (Å²) in [7, 11) is 0. The molecule has 1 heterocycles. The quantitative estimate of drug-likeness (QED) is 0.848. The normalized spacial score (nSPS) is 13.1. The molecule has 0 fully saturated rings. The molecular formula is C14H25N3O2S. The molecule has 1 aromatic heterocycles. The van der Waals surface area contributed by atoms with Crippen molar-refractivity contribution >= 4 is 17.4 Å². The highest BCUT2D eigenvalue weighted by Crippen LogP contribution is 2.13. The van der Waals surface area contributed by atoms with Gasteiger partial charge in [0, 0.05) is 30.2 Å². The van der Waals surface area contributed by atoms with E-state index in [9.17, 15) is 4.79 Å². The van der Waals surface area contributed by atoms with Crippen molar-refractivity contribution in [3.05, 3.63) is 16.1 Å². The molecular weight excluding hydrogens is 274 g/mol. The van der Waals surface area contributed by atoms with E-state index in [0.717, 1.165) is 18.0 Å². The SMILES string of the molecule is CCc1cnc(CNC(C)CNC(=O)OC(C)(C)C)s1. The molecule has 1 aromatic rings. The lowest BCUT2D eigenvalue weighted by Crippen LogP contribution is -2.40. The molecule has 0 saturated carbocycles. The number of rotatable bonds is 6. The predicted octanol–water partition coefficient (Wildman–Crippen LogP) is 2.71. The van der Waals surface area contributed by atoms with E-state index in [1.165, 1.54) is 4.88 Å². The highest BCUT2D eigenvalue weighted by molar-refractivity contribution is 7.11. The molecule has 5 nitrogen and oxygen atoms in total. The molecule has 6 heteroatoms. The summed E-state index contributed by atoms with van der Waals surface area (Å²) in [6, 6.07) is 0.163. The summed E-state index contributed by atoms with van der Waals surface area (Å²) >= 11 is 1.72. The molecule has 1 rings (SSSR count). The molecule has 20 heavy (non-hydrogen) atoms. The first-order valence-electron chi connectivity index (χ1n) is 6.94. The Morgan fingerprint density at radius 1 is 1.50 bits per heavy atom. The van der Waals surface area contributed by atoms with Crippen LogP contribution in [-0.4, -0.2) is 29.3 Å². The van der Waals surface area contributed by atoms with Crippen molar-refractivity contribution in [3.63, 3.8) is 0 Å². The number of nitrogens with zero attached hydrogens (tertiary/aromatic N) is 1. The van der Waals surface area contributed by atoms with Crippen molar-refractivity contribution < 1.29 is 9.53 Å². The Labute approximate surface area is 125 Å². The minimum atomic E-state index is -0.460. The van der Waals surface area contributed by atoms with Gasteiger partial charge in [-0.05, 0) is 34.1 Å². The minimum Gasteiger partial charge on any atom is -0.444 e. The van der Waals surface area contributed by atoms with Crippen LogP contribution in [0.3, 0.4) is 0 Å². The van der Waals surface area contributed by atoms with Gasteiger partial charge in [0.15, 0.2) is 0 Å². The zero-order valence-corrected chi connectivity index (χ0v) is 13.8. The number of thiazole rings is 1. The molecule has 1 atom stereocenters. The molecule has 0 bridgehead atoms. The second-order valence-electron chi connectivity index (χ2n) is 5.74. The van der Waals surface area contributed by atoms with Crippen LogP contribution in [0.4, 0.5) is 4.79 Å². The number of carbonyl (C=O) groups excluding carboxylic acids is 1. The van der Waals surface area contributed by atoms with Gasteiger partial charge in [0.2, 0.25) is 0 Å². The van der Waals surface area contributed by atoms with E-state index in [2.05, 4.69) is 22.5 Å². The van der Waals surface area contributed by atoms with Crippen molar-refractivity contribution in [2.24, 2.45) is 0 Å². The Balaban J connectivity index is 2.23. The van der Waals surface area contributed by atoms with E-state index in [1.54, 1.807) is 11.3 Å². The minimum absolute atomic E-state index is 0.163. The molecule has 2 N–H and O–H groups in total. The summed E-state index contributed by atoms with van der Waals surface area (Å²) in [5.74, 6) is 0. The van der Waals surface area contributed by atoms with Gasteiger partial charge in [-0.1, -0.05) is 6.92 Å². The summed E-state index contributed by atoms with van der Waals surface area (Å²) in [5.41, 5.74) is -0.460. The average molecular weight is 299 g/mol. The molecule has 114 valence electrons. The van der Waals surface area contributed by atoms with Crippen molar-refractivity contribution in [1.29, 1.82) is 0 Å². The van der Waals surface area contributed by atoms with Crippen LogP contribution in [0.15, 0.2) is 6.20 Å². The Morgan fingerprint density at radius 3 is 2.75 bits per heavy atom. The van der Waals surface area contributed by atoms with Crippen LogP contribution in [0.1, 0.15) is 44.5 Å². The van der Waals surface area contributed by atoms with Crippen LogP contribution in [0.2, 0.25) is 0 Å². The van der Waals surface area contributed by atoms with Gasteiger partial charge in [-0.25, -0.2) is 9.78 Å². The van der Waals surface area contributed by atoms with Gasteiger partial charge in [-0.2, -0.15) is 0 Å². The van der Waals surface area contributed by atoms with E-state index in [1.807, 2.05) is 33.9 Å². The number of aryl methyl sites for hydroxylation is 1. The van der Waals surface area contributed by atoms with E-state index in [-0.39, 0.29) is 12.1 Å². The number of hydrogen-bond donors (Lipinski definition) is 2. The Morgan fingerprint density at radius 2 is 2.20 bits per heavy atom. The van der Waals surface area contributed by atoms with E-state index < -0.39 is 5.60 Å². The maximum Gasteiger partial charge on any atom is 0.407 e. The summed E-state index contributed by atoms with van der Waals surface area (Å²) in [5, 5.41) is 7.16. The zero-order valence-electron chi connectivity index (χ0n) is 12.9. The van der Waals surface area contributed by atoms with Crippen LogP contribution < -0.4 is 10.6 Å². The first-order valence-corrected chi connectivity index (χ1v) is 7.75. The summed E-state index contributed by atoms with van der Waals surface area (Å²) < 4.78 is 5.18. The molecule has 0 aliphatic heterocycles. The van der Waals surface area contributed by atoms with Crippen molar-refractivity contribution in [2.45, 2.75) is 59.2 Å². The number of aromatic nitrogens is 1. The lowest BCUT2D eigenvalue weighted by atomic mass is 10.2. The molecule has 0 aromatic carbocycles. The molecule has 1 unspecified atom stereocenters. The Bertz CT molecular complexity index is 426. The first-order chi connectivity index (χ1) is 9.30. The number of nitrogens with one attached hydrogen (secondary N) is 2. The fourth-order valence-electron chi connectivity index (χ4n) is 1.48. The van der Waals surface area contributed by atoms with Gasteiger partial charge < -0.3 is 15.4 Å². The predicted molar refractivity (Wildman–Crippen MR) is 82.0 cm³/mol. The van der Waals surface area contributed by atoms with Crippen molar-refractivity contribution in [1.82, 2.24) is 15.6 Å². The van der Waals surface area contributed by atoms with Gasteiger partial charge in [-0.3, -0.25) is 0 Å². The fourth-order valence-corrected chi connectivity index (χ4v) is 2.29. The zero-order chi connectivity index (χ0) is 15.2. The fraction of sp³-hybridized carbons (Fsp3) is 0.714. The molecule has 0 radical (unpaired) electrons. The standard InChI is InChI=1S/C14H25N3O2S/c1-6-11-8-16-12(20-11)9-15-10(2)7-17-13(18)19-14(3,4)5/h8,10,15H,6-7,9H2,1-5H3,(H,17,18). The third-order valence-corrected chi connectivity index (χ3v) is 3.64. The Hall–Kier alpha value is -1.14. The molecule has 0 spiro atoms. The van der Waals surface area contributed by atoms with Gasteiger partial charge in [0.25, 0.3) is 0 Å². The third kappa shape index (κ3) is 6.86. The molecule has 1 amide bonds. The lowest BCUT2D eigenvalue weighted by Gasteiger charge is -2.21. The van der Waals surface area contributed by atoms with E-state index in [0.29, 0.717) is 6.54 Å². The van der Waals surface area contributed by atoms with E-state index >= 15 is 0 Å². The smallest absolute Gasteiger partial charge is 0.407 e. The van der Waals surface area contributed by atoms with Crippen LogP contribution in [0, 0.1) is 0 Å². The van der Waals surface area contributed by atoms with Gasteiger partial charge in [0.1, 0.15) is 10.6 Å². The van der Waals surface area contributed by atoms with Crippen molar-refractivity contribution in [2.75, 3.05) is 6.54 Å². The summed E-state index contributed by atoms with van der Waals surface area (Å²) in [6.45, 7) is 10.9. The highest BCUT2D eigenvalue weighted by Gasteiger charge is 2.16.